The molecule has 0 N–H and O–H groups in total. The van der Waals surface area contributed by atoms with Crippen molar-refractivity contribution >= 4 is 11.3 Å². The molecule has 70 valence electrons. The van der Waals surface area contributed by atoms with Crippen molar-refractivity contribution in [3.63, 3.8) is 0 Å². The third kappa shape index (κ3) is 1.74. The molecule has 0 aliphatic rings. The summed E-state index contributed by atoms with van der Waals surface area (Å²) in [4.78, 5) is 0.960. The van der Waals surface area contributed by atoms with Crippen LogP contribution in [0.5, 0.6) is 0 Å². The molecule has 0 radical (unpaired) electrons. The van der Waals surface area contributed by atoms with Gasteiger partial charge in [0.2, 0.25) is 0 Å². The molecule has 0 aliphatic carbocycles. The lowest BCUT2D eigenvalue weighted by Gasteiger charge is -1.97. The minimum absolute atomic E-state index is 0.633. The molecule has 1 aromatic heterocycles. The maximum Gasteiger partial charge on any atom is 0.101 e. The Bertz CT molecular complexity index is 553. The first-order chi connectivity index (χ1) is 7.35. The van der Waals surface area contributed by atoms with Crippen molar-refractivity contribution < 1.29 is 0 Å². The molecule has 1 aromatic carbocycles. The lowest BCUT2D eigenvalue weighted by Crippen LogP contribution is -1.78. The summed E-state index contributed by atoms with van der Waals surface area (Å²) in [5.74, 6) is 0. The molecule has 0 amide bonds. The van der Waals surface area contributed by atoms with E-state index in [0.29, 0.717) is 11.1 Å². The predicted octanol–water partition coefficient (Wildman–Crippen LogP) is 3.16. The van der Waals surface area contributed by atoms with Gasteiger partial charge in [-0.2, -0.15) is 10.5 Å². The molecule has 0 unspecified atom stereocenters. The first-order valence-electron chi connectivity index (χ1n) is 4.33. The molecule has 0 saturated heterocycles. The van der Waals surface area contributed by atoms with Crippen LogP contribution in [0.4, 0.5) is 0 Å². The van der Waals surface area contributed by atoms with Crippen molar-refractivity contribution in [3.8, 4) is 22.6 Å². The molecule has 0 saturated carbocycles. The van der Waals surface area contributed by atoms with Gasteiger partial charge < -0.3 is 0 Å². The third-order valence-electron chi connectivity index (χ3n) is 2.06. The average molecular weight is 210 g/mol. The van der Waals surface area contributed by atoms with E-state index in [2.05, 4.69) is 12.1 Å². The maximum absolute atomic E-state index is 8.87. The molecule has 1 heterocycles. The highest BCUT2D eigenvalue weighted by molar-refractivity contribution is 7.13. The third-order valence-corrected chi connectivity index (χ3v) is 3.03. The summed E-state index contributed by atoms with van der Waals surface area (Å²) in [6.07, 6.45) is 0. The van der Waals surface area contributed by atoms with Crippen molar-refractivity contribution in [1.29, 1.82) is 10.5 Å². The number of thiophene rings is 1. The highest BCUT2D eigenvalue weighted by Crippen LogP contribution is 2.28. The normalized spacial score (nSPS) is 9.20. The van der Waals surface area contributed by atoms with E-state index in [1.165, 1.54) is 11.3 Å². The van der Waals surface area contributed by atoms with E-state index in [9.17, 15) is 0 Å². The Hall–Kier alpha value is -2.10. The summed E-state index contributed by atoms with van der Waals surface area (Å²) in [5, 5.41) is 19.4. The number of nitriles is 2. The Morgan fingerprint density at radius 2 is 1.67 bits per heavy atom. The largest absolute Gasteiger partial charge is 0.192 e. The summed E-state index contributed by atoms with van der Waals surface area (Å²) < 4.78 is 0. The van der Waals surface area contributed by atoms with Crippen LogP contribution >= 0.6 is 11.3 Å². The fourth-order valence-electron chi connectivity index (χ4n) is 1.32. The van der Waals surface area contributed by atoms with Crippen molar-refractivity contribution in [2.24, 2.45) is 0 Å². The van der Waals surface area contributed by atoms with Gasteiger partial charge in [0.25, 0.3) is 0 Å². The molecule has 0 fully saturated rings. The van der Waals surface area contributed by atoms with Gasteiger partial charge in [0.05, 0.1) is 22.1 Å². The second kappa shape index (κ2) is 3.96. The van der Waals surface area contributed by atoms with Gasteiger partial charge >= 0.3 is 0 Å². The van der Waals surface area contributed by atoms with E-state index in [4.69, 9.17) is 10.5 Å². The summed E-state index contributed by atoms with van der Waals surface area (Å²) >= 11 is 1.54. The van der Waals surface area contributed by atoms with Crippen LogP contribution in [0.3, 0.4) is 0 Å². The molecule has 2 nitrogen and oxygen atoms in total. The van der Waals surface area contributed by atoms with Crippen LogP contribution in [0.2, 0.25) is 0 Å². The van der Waals surface area contributed by atoms with Crippen LogP contribution in [0.1, 0.15) is 11.1 Å². The van der Waals surface area contributed by atoms with Crippen molar-refractivity contribution in [2.75, 3.05) is 0 Å². The number of rotatable bonds is 1. The van der Waals surface area contributed by atoms with Gasteiger partial charge in [0.1, 0.15) is 6.07 Å². The van der Waals surface area contributed by atoms with E-state index in [-0.39, 0.29) is 0 Å². The minimum Gasteiger partial charge on any atom is -0.192 e. The van der Waals surface area contributed by atoms with Crippen LogP contribution in [0.25, 0.3) is 10.4 Å². The van der Waals surface area contributed by atoms with E-state index in [0.717, 1.165) is 10.4 Å². The molecular formula is C12H6N2S. The van der Waals surface area contributed by atoms with E-state index >= 15 is 0 Å². The van der Waals surface area contributed by atoms with Crippen LogP contribution < -0.4 is 0 Å². The quantitative estimate of drug-likeness (QED) is 0.725. The topological polar surface area (TPSA) is 47.6 Å². The van der Waals surface area contributed by atoms with Gasteiger partial charge in [-0.05, 0) is 29.1 Å². The van der Waals surface area contributed by atoms with Crippen molar-refractivity contribution in [3.05, 3.63) is 46.8 Å². The molecule has 0 spiro atoms. The van der Waals surface area contributed by atoms with Gasteiger partial charge in [0.15, 0.2) is 0 Å². The van der Waals surface area contributed by atoms with E-state index in [1.807, 2.05) is 17.5 Å². The number of hydrogen-bond donors (Lipinski definition) is 0. The van der Waals surface area contributed by atoms with Crippen LogP contribution in [0, 0.1) is 22.7 Å². The maximum atomic E-state index is 8.87. The minimum atomic E-state index is 0.633. The lowest BCUT2D eigenvalue weighted by molar-refractivity contribution is 1.48. The fraction of sp³-hybridized carbons (Fsp3) is 0. The second-order valence-corrected chi connectivity index (χ2v) is 3.88. The molecule has 2 aromatic rings. The predicted molar refractivity (Wildman–Crippen MR) is 59.2 cm³/mol. The standard InChI is InChI=1S/C12H6N2S/c13-7-9-1-3-10(4-2-9)12-11(8-14)5-6-15-12/h1-6H. The fourth-order valence-corrected chi connectivity index (χ4v) is 2.17. The zero-order chi connectivity index (χ0) is 10.7. The zero-order valence-corrected chi connectivity index (χ0v) is 8.58. The SMILES string of the molecule is N#Cc1ccc(-c2sccc2C#N)cc1. The van der Waals surface area contributed by atoms with Crippen LogP contribution in [-0.4, -0.2) is 0 Å². The first kappa shape index (κ1) is 9.45. The highest BCUT2D eigenvalue weighted by Gasteiger charge is 2.05. The molecule has 2 rings (SSSR count). The highest BCUT2D eigenvalue weighted by atomic mass is 32.1. The van der Waals surface area contributed by atoms with Gasteiger partial charge in [-0.1, -0.05) is 12.1 Å². The molecule has 0 bridgehead atoms. The lowest BCUT2D eigenvalue weighted by atomic mass is 10.1. The van der Waals surface area contributed by atoms with Gasteiger partial charge in [-0.25, -0.2) is 0 Å². The molecule has 0 aliphatic heterocycles. The Morgan fingerprint density at radius 1 is 0.933 bits per heavy atom. The summed E-state index contributed by atoms with van der Waals surface area (Å²) in [6.45, 7) is 0. The Morgan fingerprint density at radius 3 is 2.27 bits per heavy atom. The first-order valence-corrected chi connectivity index (χ1v) is 5.21. The Labute approximate surface area is 91.6 Å². The molecule has 0 atom stereocenters. The molecular weight excluding hydrogens is 204 g/mol. The molecule has 3 heteroatoms. The van der Waals surface area contributed by atoms with Crippen molar-refractivity contribution in [1.82, 2.24) is 0 Å². The smallest absolute Gasteiger partial charge is 0.101 e. The second-order valence-electron chi connectivity index (χ2n) is 2.96. The Kier molecular flexibility index (Phi) is 2.49. The number of hydrogen-bond acceptors (Lipinski definition) is 3. The van der Waals surface area contributed by atoms with Crippen LogP contribution in [-0.2, 0) is 0 Å². The van der Waals surface area contributed by atoms with Crippen molar-refractivity contribution in [2.45, 2.75) is 0 Å². The number of nitrogens with zero attached hydrogens (tertiary/aromatic N) is 2. The average Bonchev–Trinajstić information content (AvgIpc) is 2.77. The summed E-state index contributed by atoms with van der Waals surface area (Å²) in [6, 6.07) is 13.3. The van der Waals surface area contributed by atoms with Gasteiger partial charge in [-0.15, -0.1) is 11.3 Å². The Balaban J connectivity index is 2.48. The summed E-state index contributed by atoms with van der Waals surface area (Å²) in [7, 11) is 0. The van der Waals surface area contributed by atoms with Crippen LogP contribution in [0.15, 0.2) is 35.7 Å². The van der Waals surface area contributed by atoms with E-state index in [1.54, 1.807) is 18.2 Å². The van der Waals surface area contributed by atoms with Gasteiger partial charge in [0, 0.05) is 0 Å². The molecule has 15 heavy (non-hydrogen) atoms. The van der Waals surface area contributed by atoms with E-state index < -0.39 is 0 Å². The number of benzene rings is 1. The monoisotopic (exact) mass is 210 g/mol. The summed E-state index contributed by atoms with van der Waals surface area (Å²) in [5.41, 5.74) is 2.30. The van der Waals surface area contributed by atoms with Gasteiger partial charge in [-0.3, -0.25) is 0 Å². The zero-order valence-electron chi connectivity index (χ0n) is 7.77.